The molecule has 7 nitrogen and oxygen atoms in total. The highest BCUT2D eigenvalue weighted by Crippen LogP contribution is 2.18. The minimum atomic E-state index is -0.701. The number of carbonyl (C=O) groups is 2. The monoisotopic (exact) mass is 364 g/mol. The first kappa shape index (κ1) is 18.3. The molecule has 0 aliphatic carbocycles. The molecule has 3 N–H and O–H groups in total. The number of amides is 2. The van der Waals surface area contributed by atoms with E-state index in [1.54, 1.807) is 0 Å². The molecule has 0 fully saturated rings. The second kappa shape index (κ2) is 8.27. The van der Waals surface area contributed by atoms with Gasteiger partial charge in [-0.1, -0.05) is 42.5 Å². The molecule has 27 heavy (non-hydrogen) atoms. The van der Waals surface area contributed by atoms with Crippen molar-refractivity contribution in [3.8, 4) is 0 Å². The molecule has 0 aliphatic rings. The van der Waals surface area contributed by atoms with Gasteiger partial charge in [-0.2, -0.15) is 0 Å². The fourth-order valence-corrected chi connectivity index (χ4v) is 2.75. The Morgan fingerprint density at radius 2 is 1.67 bits per heavy atom. The van der Waals surface area contributed by atoms with E-state index in [0.29, 0.717) is 11.4 Å². The molecule has 0 unspecified atom stereocenters. The molecule has 0 saturated heterocycles. The topological polar surface area (TPSA) is 107 Å². The number of aryl methyl sites for hydroxylation is 1. The normalized spacial score (nSPS) is 11.7. The van der Waals surface area contributed by atoms with Crippen molar-refractivity contribution in [3.63, 3.8) is 0 Å². The smallest absolute Gasteiger partial charge is 0.312 e. The average Bonchev–Trinajstić information content (AvgIpc) is 2.66. The fourth-order valence-electron chi connectivity index (χ4n) is 2.75. The molecule has 138 valence electrons. The van der Waals surface area contributed by atoms with Crippen molar-refractivity contribution in [2.45, 2.75) is 26.0 Å². The summed E-state index contributed by atoms with van der Waals surface area (Å²) in [5.41, 5.74) is 8.83. The van der Waals surface area contributed by atoms with E-state index in [4.69, 9.17) is 10.5 Å². The highest BCUT2D eigenvalue weighted by Gasteiger charge is 2.19. The molecule has 0 aliphatic heterocycles. The maximum absolute atomic E-state index is 12.3. The number of nitrogens with two attached hydrogens (primary N) is 1. The first-order chi connectivity index (χ1) is 13.0. The molecule has 2 amide bonds. The molecule has 1 aromatic heterocycles. The number of urea groups is 1. The molecule has 0 saturated carbocycles. The van der Waals surface area contributed by atoms with Gasteiger partial charge >= 0.3 is 12.0 Å². The Hall–Kier alpha value is -3.48. The van der Waals surface area contributed by atoms with Crippen LogP contribution in [0.25, 0.3) is 11.0 Å². The van der Waals surface area contributed by atoms with Crippen LogP contribution < -0.4 is 11.1 Å². The van der Waals surface area contributed by atoms with E-state index in [9.17, 15) is 9.59 Å². The van der Waals surface area contributed by atoms with Crippen molar-refractivity contribution in [1.82, 2.24) is 15.3 Å². The predicted octanol–water partition coefficient (Wildman–Crippen LogP) is 2.78. The van der Waals surface area contributed by atoms with Gasteiger partial charge in [0.25, 0.3) is 0 Å². The maximum Gasteiger partial charge on any atom is 0.312 e. The summed E-state index contributed by atoms with van der Waals surface area (Å²) in [5.74, 6) is -0.466. The summed E-state index contributed by atoms with van der Waals surface area (Å²) in [7, 11) is 0. The third kappa shape index (κ3) is 4.78. The summed E-state index contributed by atoms with van der Waals surface area (Å²) in [5, 5.41) is 2.57. The quantitative estimate of drug-likeness (QED) is 0.654. The van der Waals surface area contributed by atoms with Gasteiger partial charge in [0.15, 0.2) is 0 Å². The van der Waals surface area contributed by atoms with Crippen molar-refractivity contribution < 1.29 is 14.3 Å². The molecule has 1 heterocycles. The van der Waals surface area contributed by atoms with Gasteiger partial charge in [-0.05, 0) is 24.6 Å². The number of para-hydroxylation sites is 2. The van der Waals surface area contributed by atoms with Gasteiger partial charge in [0.1, 0.15) is 6.61 Å². The van der Waals surface area contributed by atoms with Crippen LogP contribution >= 0.6 is 0 Å². The number of hydrogen-bond acceptors (Lipinski definition) is 5. The van der Waals surface area contributed by atoms with Gasteiger partial charge in [-0.15, -0.1) is 0 Å². The molecule has 0 spiro atoms. The average molecular weight is 364 g/mol. The second-order valence-corrected chi connectivity index (χ2v) is 6.08. The number of aromatic nitrogens is 2. The largest absolute Gasteiger partial charge is 0.459 e. The molecule has 1 atom stereocenters. The van der Waals surface area contributed by atoms with Gasteiger partial charge in [-0.3, -0.25) is 4.79 Å². The Balaban J connectivity index is 1.67. The number of nitrogens with zero attached hydrogens (tertiary/aromatic N) is 2. The highest BCUT2D eigenvalue weighted by atomic mass is 16.5. The molecule has 3 aromatic rings. The Labute approximate surface area is 156 Å². The number of rotatable bonds is 6. The van der Waals surface area contributed by atoms with Crippen molar-refractivity contribution in [2.75, 3.05) is 0 Å². The van der Waals surface area contributed by atoms with Gasteiger partial charge in [-0.25, -0.2) is 14.8 Å². The first-order valence-corrected chi connectivity index (χ1v) is 8.51. The second-order valence-electron chi connectivity index (χ2n) is 6.08. The highest BCUT2D eigenvalue weighted by molar-refractivity contribution is 5.76. The summed E-state index contributed by atoms with van der Waals surface area (Å²) < 4.78 is 5.36. The van der Waals surface area contributed by atoms with Crippen LogP contribution in [0, 0.1) is 6.92 Å². The third-order valence-electron chi connectivity index (χ3n) is 4.10. The zero-order valence-electron chi connectivity index (χ0n) is 14.9. The minimum absolute atomic E-state index is 0.0145. The van der Waals surface area contributed by atoms with Crippen LogP contribution in [-0.4, -0.2) is 22.0 Å². The van der Waals surface area contributed by atoms with Crippen LogP contribution in [0.2, 0.25) is 0 Å². The number of fused-ring (bicyclic) bond motifs is 1. The Bertz CT molecular complexity index is 960. The van der Waals surface area contributed by atoms with Crippen LogP contribution in [0.5, 0.6) is 0 Å². The minimum Gasteiger partial charge on any atom is -0.459 e. The zero-order valence-corrected chi connectivity index (χ0v) is 14.9. The van der Waals surface area contributed by atoms with Crippen LogP contribution in [0.1, 0.15) is 29.4 Å². The molecule has 0 bridgehead atoms. The lowest BCUT2D eigenvalue weighted by Gasteiger charge is -2.17. The van der Waals surface area contributed by atoms with Crippen LogP contribution in [0.4, 0.5) is 4.79 Å². The Morgan fingerprint density at radius 1 is 1.04 bits per heavy atom. The Morgan fingerprint density at radius 3 is 2.33 bits per heavy atom. The van der Waals surface area contributed by atoms with Crippen molar-refractivity contribution in [2.24, 2.45) is 5.73 Å². The van der Waals surface area contributed by atoms with E-state index in [0.717, 1.165) is 16.6 Å². The lowest BCUT2D eigenvalue weighted by molar-refractivity contribution is -0.145. The number of hydrogen-bond donors (Lipinski definition) is 2. The van der Waals surface area contributed by atoms with Crippen LogP contribution in [0.15, 0.2) is 54.6 Å². The van der Waals surface area contributed by atoms with E-state index in [1.165, 1.54) is 0 Å². The van der Waals surface area contributed by atoms with Gasteiger partial charge in [0.2, 0.25) is 0 Å². The fraction of sp³-hybridized carbons (Fsp3) is 0.200. The van der Waals surface area contributed by atoms with Crippen LogP contribution in [-0.2, 0) is 16.1 Å². The van der Waals surface area contributed by atoms with Gasteiger partial charge in [0.05, 0.1) is 34.9 Å². The summed E-state index contributed by atoms with van der Waals surface area (Å²) >= 11 is 0. The van der Waals surface area contributed by atoms with Gasteiger partial charge in [0, 0.05) is 0 Å². The first-order valence-electron chi connectivity index (χ1n) is 8.51. The summed E-state index contributed by atoms with van der Waals surface area (Å²) in [4.78, 5) is 32.5. The standard InChI is InChI=1S/C20H20N4O3/c1-13-18(23-16-10-6-5-9-15(16)22-13)12-27-19(25)11-17(24-20(21)26)14-7-3-2-4-8-14/h2-10,17H,11-12H2,1H3,(H3,21,24,26)/t17-/m0/s1. The molecular formula is C20H20N4O3. The number of benzene rings is 2. The summed E-state index contributed by atoms with van der Waals surface area (Å²) in [6.45, 7) is 1.84. The van der Waals surface area contributed by atoms with E-state index >= 15 is 0 Å². The SMILES string of the molecule is Cc1nc2ccccc2nc1COC(=O)C[C@H](NC(N)=O)c1ccccc1. The third-order valence-corrected chi connectivity index (χ3v) is 4.10. The molecule has 3 rings (SSSR count). The number of nitrogens with one attached hydrogen (secondary N) is 1. The lowest BCUT2D eigenvalue weighted by atomic mass is 10.0. The molecular weight excluding hydrogens is 344 g/mol. The maximum atomic E-state index is 12.3. The predicted molar refractivity (Wildman–Crippen MR) is 101 cm³/mol. The van der Waals surface area contributed by atoms with Crippen molar-refractivity contribution in [3.05, 3.63) is 71.5 Å². The number of ether oxygens (including phenoxy) is 1. The molecule has 0 radical (unpaired) electrons. The zero-order chi connectivity index (χ0) is 19.2. The Kier molecular flexibility index (Phi) is 5.61. The number of esters is 1. The van der Waals surface area contributed by atoms with E-state index in [2.05, 4.69) is 15.3 Å². The summed E-state index contributed by atoms with van der Waals surface area (Å²) in [6, 6.07) is 15.4. The van der Waals surface area contributed by atoms with E-state index in [-0.39, 0.29) is 13.0 Å². The van der Waals surface area contributed by atoms with Crippen molar-refractivity contribution in [1.29, 1.82) is 0 Å². The van der Waals surface area contributed by atoms with Crippen LogP contribution in [0.3, 0.4) is 0 Å². The van der Waals surface area contributed by atoms with E-state index < -0.39 is 18.0 Å². The summed E-state index contributed by atoms with van der Waals surface area (Å²) in [6.07, 6.45) is -0.0347. The van der Waals surface area contributed by atoms with Crippen molar-refractivity contribution >= 4 is 23.0 Å². The number of carbonyl (C=O) groups excluding carboxylic acids is 2. The molecule has 7 heteroatoms. The number of primary amides is 1. The van der Waals surface area contributed by atoms with E-state index in [1.807, 2.05) is 61.5 Å². The van der Waals surface area contributed by atoms with Gasteiger partial charge < -0.3 is 15.8 Å². The lowest BCUT2D eigenvalue weighted by Crippen LogP contribution is -2.34. The molecule has 2 aromatic carbocycles.